The Morgan fingerprint density at radius 1 is 1.44 bits per heavy atom. The van der Waals surface area contributed by atoms with Crippen molar-refractivity contribution in [3.63, 3.8) is 0 Å². The standard InChI is InChI=1S/C11H21N3O2/c1-8(15)13-7-11(16)14(2)10-5-3-4-9(10)6-12/h9-10H,3-7,12H2,1-2H3,(H,13,15). The molecule has 0 spiro atoms. The fourth-order valence-corrected chi connectivity index (χ4v) is 2.31. The molecule has 5 nitrogen and oxygen atoms in total. The van der Waals surface area contributed by atoms with Crippen LogP contribution in [0.15, 0.2) is 0 Å². The molecule has 1 rings (SSSR count). The van der Waals surface area contributed by atoms with E-state index in [1.54, 1.807) is 11.9 Å². The normalized spacial score (nSPS) is 24.2. The van der Waals surface area contributed by atoms with Crippen LogP contribution in [-0.4, -0.2) is 42.9 Å². The third kappa shape index (κ3) is 3.20. The second kappa shape index (κ2) is 5.84. The SMILES string of the molecule is CC(=O)NCC(=O)N(C)C1CCCC1CN. The molecule has 0 aliphatic heterocycles. The Bertz CT molecular complexity index is 268. The number of likely N-dealkylation sites (N-methyl/N-ethyl adjacent to an activating group) is 1. The van der Waals surface area contributed by atoms with Gasteiger partial charge in [0.05, 0.1) is 6.54 Å². The molecule has 0 saturated heterocycles. The van der Waals surface area contributed by atoms with Crippen LogP contribution in [0.4, 0.5) is 0 Å². The Hall–Kier alpha value is -1.10. The van der Waals surface area contributed by atoms with Crippen molar-refractivity contribution in [2.75, 3.05) is 20.1 Å². The Kier molecular flexibility index (Phi) is 4.73. The minimum absolute atomic E-state index is 0.0412. The third-order valence-electron chi connectivity index (χ3n) is 3.30. The Morgan fingerprint density at radius 3 is 2.69 bits per heavy atom. The van der Waals surface area contributed by atoms with Gasteiger partial charge in [0, 0.05) is 20.0 Å². The van der Waals surface area contributed by atoms with Gasteiger partial charge in [0.15, 0.2) is 0 Å². The van der Waals surface area contributed by atoms with E-state index in [0.717, 1.165) is 19.3 Å². The topological polar surface area (TPSA) is 75.4 Å². The molecule has 0 bridgehead atoms. The number of nitrogens with one attached hydrogen (secondary N) is 1. The van der Waals surface area contributed by atoms with Crippen molar-refractivity contribution in [2.24, 2.45) is 11.7 Å². The number of nitrogens with two attached hydrogens (primary N) is 1. The van der Waals surface area contributed by atoms with E-state index in [0.29, 0.717) is 12.5 Å². The minimum atomic E-state index is -0.177. The summed E-state index contributed by atoms with van der Waals surface area (Å²) in [7, 11) is 1.79. The monoisotopic (exact) mass is 227 g/mol. The first kappa shape index (κ1) is 13.0. The van der Waals surface area contributed by atoms with Crippen molar-refractivity contribution in [3.8, 4) is 0 Å². The van der Waals surface area contributed by atoms with E-state index >= 15 is 0 Å². The molecule has 1 aliphatic carbocycles. The van der Waals surface area contributed by atoms with Crippen LogP contribution < -0.4 is 11.1 Å². The Labute approximate surface area is 96.4 Å². The van der Waals surface area contributed by atoms with Crippen LogP contribution in [-0.2, 0) is 9.59 Å². The number of carbonyl (C=O) groups excluding carboxylic acids is 2. The van der Waals surface area contributed by atoms with Gasteiger partial charge in [-0.05, 0) is 25.3 Å². The van der Waals surface area contributed by atoms with Gasteiger partial charge in [-0.15, -0.1) is 0 Å². The van der Waals surface area contributed by atoms with Crippen LogP contribution in [0.3, 0.4) is 0 Å². The van der Waals surface area contributed by atoms with E-state index in [1.807, 2.05) is 0 Å². The molecule has 1 aliphatic rings. The predicted octanol–water partition coefficient (Wildman–Crippen LogP) is -0.292. The largest absolute Gasteiger partial charge is 0.347 e. The summed E-state index contributed by atoms with van der Waals surface area (Å²) in [5.41, 5.74) is 5.68. The van der Waals surface area contributed by atoms with Gasteiger partial charge in [-0.1, -0.05) is 6.42 Å². The fraction of sp³-hybridized carbons (Fsp3) is 0.818. The summed E-state index contributed by atoms with van der Waals surface area (Å²) in [6, 6.07) is 0.242. The van der Waals surface area contributed by atoms with E-state index in [9.17, 15) is 9.59 Å². The molecule has 0 aromatic rings. The van der Waals surface area contributed by atoms with Crippen LogP contribution in [0.2, 0.25) is 0 Å². The molecule has 0 aromatic heterocycles. The first-order valence-electron chi connectivity index (χ1n) is 5.76. The number of rotatable bonds is 4. The molecular weight excluding hydrogens is 206 g/mol. The van der Waals surface area contributed by atoms with Crippen LogP contribution >= 0.6 is 0 Å². The average molecular weight is 227 g/mol. The number of hydrogen-bond acceptors (Lipinski definition) is 3. The minimum Gasteiger partial charge on any atom is -0.347 e. The molecule has 2 unspecified atom stereocenters. The molecule has 92 valence electrons. The molecule has 3 N–H and O–H groups in total. The van der Waals surface area contributed by atoms with Crippen molar-refractivity contribution >= 4 is 11.8 Å². The molecule has 1 fully saturated rings. The Balaban J connectivity index is 2.46. The lowest BCUT2D eigenvalue weighted by molar-refractivity contribution is -0.133. The smallest absolute Gasteiger partial charge is 0.241 e. The molecular formula is C11H21N3O2. The zero-order valence-electron chi connectivity index (χ0n) is 10.0. The van der Waals surface area contributed by atoms with Gasteiger partial charge in [-0.2, -0.15) is 0 Å². The zero-order chi connectivity index (χ0) is 12.1. The fourth-order valence-electron chi connectivity index (χ4n) is 2.31. The van der Waals surface area contributed by atoms with Gasteiger partial charge in [-0.3, -0.25) is 9.59 Å². The highest BCUT2D eigenvalue weighted by atomic mass is 16.2. The Morgan fingerprint density at radius 2 is 2.12 bits per heavy atom. The quantitative estimate of drug-likeness (QED) is 0.693. The first-order chi connectivity index (χ1) is 7.56. The summed E-state index contributed by atoms with van der Waals surface area (Å²) >= 11 is 0. The second-order valence-electron chi connectivity index (χ2n) is 4.41. The third-order valence-corrected chi connectivity index (χ3v) is 3.30. The van der Waals surface area contributed by atoms with Crippen LogP contribution in [0, 0.1) is 5.92 Å². The number of hydrogen-bond donors (Lipinski definition) is 2. The van der Waals surface area contributed by atoms with Gasteiger partial charge in [0.2, 0.25) is 11.8 Å². The van der Waals surface area contributed by atoms with E-state index in [-0.39, 0.29) is 24.4 Å². The second-order valence-corrected chi connectivity index (χ2v) is 4.41. The maximum Gasteiger partial charge on any atom is 0.241 e. The molecule has 1 saturated carbocycles. The summed E-state index contributed by atoms with van der Waals surface area (Å²) in [4.78, 5) is 24.2. The summed E-state index contributed by atoms with van der Waals surface area (Å²) < 4.78 is 0. The van der Waals surface area contributed by atoms with Crippen LogP contribution in [0.1, 0.15) is 26.2 Å². The molecule has 2 atom stereocenters. The summed E-state index contributed by atoms with van der Waals surface area (Å²) in [5.74, 6) is 0.190. The zero-order valence-corrected chi connectivity index (χ0v) is 10.0. The van der Waals surface area contributed by atoms with Gasteiger partial charge in [0.25, 0.3) is 0 Å². The predicted molar refractivity (Wildman–Crippen MR) is 61.6 cm³/mol. The van der Waals surface area contributed by atoms with Gasteiger partial charge >= 0.3 is 0 Å². The highest BCUT2D eigenvalue weighted by Gasteiger charge is 2.31. The van der Waals surface area contributed by atoms with Crippen molar-refractivity contribution in [3.05, 3.63) is 0 Å². The molecule has 2 amide bonds. The van der Waals surface area contributed by atoms with Crippen LogP contribution in [0.25, 0.3) is 0 Å². The van der Waals surface area contributed by atoms with Crippen molar-refractivity contribution in [2.45, 2.75) is 32.2 Å². The lowest BCUT2D eigenvalue weighted by atomic mass is 10.0. The molecule has 16 heavy (non-hydrogen) atoms. The maximum atomic E-state index is 11.8. The molecule has 0 radical (unpaired) electrons. The molecule has 0 heterocycles. The first-order valence-corrected chi connectivity index (χ1v) is 5.76. The average Bonchev–Trinajstić information content (AvgIpc) is 2.72. The van der Waals surface area contributed by atoms with E-state index in [2.05, 4.69) is 5.32 Å². The summed E-state index contributed by atoms with van der Waals surface area (Å²) in [6.07, 6.45) is 3.24. The summed E-state index contributed by atoms with van der Waals surface area (Å²) in [6.45, 7) is 2.12. The lowest BCUT2D eigenvalue weighted by Crippen LogP contribution is -2.45. The lowest BCUT2D eigenvalue weighted by Gasteiger charge is -2.29. The van der Waals surface area contributed by atoms with Crippen LogP contribution in [0.5, 0.6) is 0 Å². The van der Waals surface area contributed by atoms with Crippen molar-refractivity contribution < 1.29 is 9.59 Å². The van der Waals surface area contributed by atoms with Crippen molar-refractivity contribution in [1.29, 1.82) is 0 Å². The van der Waals surface area contributed by atoms with Gasteiger partial charge in [-0.25, -0.2) is 0 Å². The number of nitrogens with zero attached hydrogens (tertiary/aromatic N) is 1. The van der Waals surface area contributed by atoms with E-state index in [4.69, 9.17) is 5.73 Å². The van der Waals surface area contributed by atoms with E-state index < -0.39 is 0 Å². The summed E-state index contributed by atoms with van der Waals surface area (Å²) in [5, 5.41) is 2.52. The number of amides is 2. The van der Waals surface area contributed by atoms with Gasteiger partial charge < -0.3 is 16.0 Å². The van der Waals surface area contributed by atoms with Crippen molar-refractivity contribution in [1.82, 2.24) is 10.2 Å². The number of carbonyl (C=O) groups is 2. The molecule has 5 heteroatoms. The van der Waals surface area contributed by atoms with Gasteiger partial charge in [0.1, 0.15) is 0 Å². The highest BCUT2D eigenvalue weighted by molar-refractivity contribution is 5.83. The highest BCUT2D eigenvalue weighted by Crippen LogP contribution is 2.28. The molecule has 0 aromatic carbocycles. The van der Waals surface area contributed by atoms with E-state index in [1.165, 1.54) is 6.92 Å². The maximum absolute atomic E-state index is 11.8.